The standard InChI is InChI=1S/C15H25N/c1-4-6-8-13-10-12(3)11-14(15(13)16)9-7-5-2/h10-11H,4-9,16H2,1-3H3. The molecule has 0 radical (unpaired) electrons. The molecule has 1 heteroatoms. The van der Waals surface area contributed by atoms with Crippen molar-refractivity contribution in [2.75, 3.05) is 5.73 Å². The third kappa shape index (κ3) is 3.55. The van der Waals surface area contributed by atoms with Crippen LogP contribution >= 0.6 is 0 Å². The van der Waals surface area contributed by atoms with Gasteiger partial charge >= 0.3 is 0 Å². The van der Waals surface area contributed by atoms with Gasteiger partial charge in [0.05, 0.1) is 0 Å². The van der Waals surface area contributed by atoms with E-state index in [1.54, 1.807) is 0 Å². The summed E-state index contributed by atoms with van der Waals surface area (Å²) in [5.74, 6) is 0. The van der Waals surface area contributed by atoms with Gasteiger partial charge in [-0.3, -0.25) is 0 Å². The van der Waals surface area contributed by atoms with Gasteiger partial charge in [-0.15, -0.1) is 0 Å². The second kappa shape index (κ2) is 6.57. The zero-order valence-electron chi connectivity index (χ0n) is 11.0. The fourth-order valence-electron chi connectivity index (χ4n) is 2.10. The molecule has 2 N–H and O–H groups in total. The van der Waals surface area contributed by atoms with E-state index >= 15 is 0 Å². The van der Waals surface area contributed by atoms with Gasteiger partial charge in [-0.05, 0) is 43.7 Å². The Balaban J connectivity index is 2.86. The molecule has 0 saturated heterocycles. The molecule has 1 aromatic carbocycles. The number of benzene rings is 1. The molecule has 90 valence electrons. The minimum absolute atomic E-state index is 1.05. The van der Waals surface area contributed by atoms with Crippen molar-refractivity contribution in [3.05, 3.63) is 28.8 Å². The van der Waals surface area contributed by atoms with Crippen molar-refractivity contribution in [1.82, 2.24) is 0 Å². The molecule has 0 fully saturated rings. The summed E-state index contributed by atoms with van der Waals surface area (Å²) in [6, 6.07) is 4.50. The maximum Gasteiger partial charge on any atom is 0.0379 e. The third-order valence-corrected chi connectivity index (χ3v) is 3.10. The molecule has 0 aliphatic rings. The van der Waals surface area contributed by atoms with Gasteiger partial charge in [0, 0.05) is 5.69 Å². The number of anilines is 1. The molecule has 0 heterocycles. The predicted molar refractivity (Wildman–Crippen MR) is 72.8 cm³/mol. The third-order valence-electron chi connectivity index (χ3n) is 3.10. The van der Waals surface area contributed by atoms with E-state index in [1.807, 2.05) is 0 Å². The number of aryl methyl sites for hydroxylation is 3. The molecule has 1 rings (SSSR count). The summed E-state index contributed by atoms with van der Waals surface area (Å²) in [5.41, 5.74) is 11.3. The largest absolute Gasteiger partial charge is 0.398 e. The Hall–Kier alpha value is -0.980. The van der Waals surface area contributed by atoms with Crippen LogP contribution in [0.3, 0.4) is 0 Å². The monoisotopic (exact) mass is 219 g/mol. The molecule has 0 aliphatic carbocycles. The molecule has 0 atom stereocenters. The van der Waals surface area contributed by atoms with Gasteiger partial charge < -0.3 is 5.73 Å². The van der Waals surface area contributed by atoms with Crippen molar-refractivity contribution < 1.29 is 0 Å². The summed E-state index contributed by atoms with van der Waals surface area (Å²) in [5, 5.41) is 0. The van der Waals surface area contributed by atoms with E-state index in [9.17, 15) is 0 Å². The van der Waals surface area contributed by atoms with Crippen LogP contribution in [0.5, 0.6) is 0 Å². The van der Waals surface area contributed by atoms with Crippen molar-refractivity contribution in [1.29, 1.82) is 0 Å². The van der Waals surface area contributed by atoms with Crippen LogP contribution in [0.15, 0.2) is 12.1 Å². The normalized spacial score (nSPS) is 10.7. The second-order valence-electron chi connectivity index (χ2n) is 4.70. The van der Waals surface area contributed by atoms with E-state index in [-0.39, 0.29) is 0 Å². The summed E-state index contributed by atoms with van der Waals surface area (Å²) in [7, 11) is 0. The van der Waals surface area contributed by atoms with Crippen LogP contribution in [-0.4, -0.2) is 0 Å². The molecule has 0 unspecified atom stereocenters. The number of hydrogen-bond donors (Lipinski definition) is 1. The first kappa shape index (κ1) is 13.1. The van der Waals surface area contributed by atoms with Crippen LogP contribution in [0.1, 0.15) is 56.2 Å². The van der Waals surface area contributed by atoms with E-state index < -0.39 is 0 Å². The SMILES string of the molecule is CCCCc1cc(C)cc(CCCC)c1N. The van der Waals surface area contributed by atoms with Crippen molar-refractivity contribution in [3.63, 3.8) is 0 Å². The molecule has 0 aromatic heterocycles. The van der Waals surface area contributed by atoms with Crippen LogP contribution in [0.4, 0.5) is 5.69 Å². The molecular weight excluding hydrogens is 194 g/mol. The summed E-state index contributed by atoms with van der Waals surface area (Å²) < 4.78 is 0. The number of rotatable bonds is 6. The smallest absolute Gasteiger partial charge is 0.0379 e. The first-order valence-electron chi connectivity index (χ1n) is 6.56. The zero-order valence-corrected chi connectivity index (χ0v) is 11.0. The maximum absolute atomic E-state index is 6.23. The molecule has 1 aromatic rings. The first-order valence-corrected chi connectivity index (χ1v) is 6.56. The molecule has 0 spiro atoms. The van der Waals surface area contributed by atoms with Crippen LogP contribution in [0.25, 0.3) is 0 Å². The average Bonchev–Trinajstić information content (AvgIpc) is 2.28. The first-order chi connectivity index (χ1) is 7.69. The lowest BCUT2D eigenvalue weighted by molar-refractivity contribution is 0.782. The molecule has 1 nitrogen and oxygen atoms in total. The van der Waals surface area contributed by atoms with Crippen LogP contribution < -0.4 is 5.73 Å². The van der Waals surface area contributed by atoms with Gasteiger partial charge in [0.2, 0.25) is 0 Å². The maximum atomic E-state index is 6.23. The van der Waals surface area contributed by atoms with Gasteiger partial charge in [-0.1, -0.05) is 44.4 Å². The van der Waals surface area contributed by atoms with Crippen molar-refractivity contribution >= 4 is 5.69 Å². The van der Waals surface area contributed by atoms with Gasteiger partial charge in [0.15, 0.2) is 0 Å². The minimum atomic E-state index is 1.05. The van der Waals surface area contributed by atoms with Gasteiger partial charge in [0.25, 0.3) is 0 Å². The highest BCUT2D eigenvalue weighted by Crippen LogP contribution is 2.23. The minimum Gasteiger partial charge on any atom is -0.398 e. The Morgan fingerprint density at radius 2 is 1.38 bits per heavy atom. The highest BCUT2D eigenvalue weighted by molar-refractivity contribution is 5.55. The summed E-state index contributed by atoms with van der Waals surface area (Å²) in [6.45, 7) is 6.62. The predicted octanol–water partition coefficient (Wildman–Crippen LogP) is 4.26. The average molecular weight is 219 g/mol. The quantitative estimate of drug-likeness (QED) is 0.711. The van der Waals surface area contributed by atoms with Crippen molar-refractivity contribution in [3.8, 4) is 0 Å². The Labute approximate surface area is 100 Å². The van der Waals surface area contributed by atoms with Crippen molar-refractivity contribution in [2.24, 2.45) is 0 Å². The highest BCUT2D eigenvalue weighted by atomic mass is 14.6. The van der Waals surface area contributed by atoms with Crippen molar-refractivity contribution in [2.45, 2.75) is 59.3 Å². The Bertz CT molecular complexity index is 299. The lowest BCUT2D eigenvalue weighted by Crippen LogP contribution is -2.01. The number of unbranched alkanes of at least 4 members (excludes halogenated alkanes) is 2. The van der Waals surface area contributed by atoms with Crippen LogP contribution in [0.2, 0.25) is 0 Å². The zero-order chi connectivity index (χ0) is 12.0. The van der Waals surface area contributed by atoms with E-state index in [1.165, 1.54) is 42.4 Å². The molecular formula is C15H25N. The van der Waals surface area contributed by atoms with Crippen LogP contribution in [0, 0.1) is 6.92 Å². The summed E-state index contributed by atoms with van der Waals surface area (Å²) >= 11 is 0. The van der Waals surface area contributed by atoms with Crippen LogP contribution in [-0.2, 0) is 12.8 Å². The van der Waals surface area contributed by atoms with Gasteiger partial charge in [0.1, 0.15) is 0 Å². The van der Waals surface area contributed by atoms with Gasteiger partial charge in [-0.2, -0.15) is 0 Å². The Kier molecular flexibility index (Phi) is 5.37. The van der Waals surface area contributed by atoms with E-state index in [0.717, 1.165) is 18.5 Å². The molecule has 0 bridgehead atoms. The highest BCUT2D eigenvalue weighted by Gasteiger charge is 2.06. The fourth-order valence-corrected chi connectivity index (χ4v) is 2.10. The second-order valence-corrected chi connectivity index (χ2v) is 4.70. The van der Waals surface area contributed by atoms with E-state index in [2.05, 4.69) is 32.9 Å². The molecule has 0 amide bonds. The van der Waals surface area contributed by atoms with Gasteiger partial charge in [-0.25, -0.2) is 0 Å². The molecule has 0 aliphatic heterocycles. The fraction of sp³-hybridized carbons (Fsp3) is 0.600. The lowest BCUT2D eigenvalue weighted by Gasteiger charge is -2.12. The number of nitrogens with two attached hydrogens (primary N) is 1. The number of nitrogen functional groups attached to an aromatic ring is 1. The molecule has 16 heavy (non-hydrogen) atoms. The Morgan fingerprint density at radius 1 is 0.938 bits per heavy atom. The Morgan fingerprint density at radius 3 is 1.75 bits per heavy atom. The van der Waals surface area contributed by atoms with E-state index in [0.29, 0.717) is 0 Å². The molecule has 0 saturated carbocycles. The summed E-state index contributed by atoms with van der Waals surface area (Å²) in [6.07, 6.45) is 7.20. The van der Waals surface area contributed by atoms with E-state index in [4.69, 9.17) is 5.73 Å². The topological polar surface area (TPSA) is 26.0 Å². The lowest BCUT2D eigenvalue weighted by atomic mass is 9.96. The number of hydrogen-bond acceptors (Lipinski definition) is 1. The summed E-state index contributed by atoms with van der Waals surface area (Å²) in [4.78, 5) is 0.